The molecule has 0 saturated heterocycles. The Balaban J connectivity index is 1.66. The Hall–Kier alpha value is -2.01. The van der Waals surface area contributed by atoms with Crippen molar-refractivity contribution in [1.82, 2.24) is 9.55 Å². The van der Waals surface area contributed by atoms with E-state index in [0.717, 1.165) is 34.0 Å². The monoisotopic (exact) mass is 382 g/mol. The van der Waals surface area contributed by atoms with Crippen molar-refractivity contribution in [2.24, 2.45) is 0 Å². The highest BCUT2D eigenvalue weighted by Gasteiger charge is 2.23. The van der Waals surface area contributed by atoms with Crippen LogP contribution in [0.1, 0.15) is 61.2 Å². The molecule has 142 valence electrons. The van der Waals surface area contributed by atoms with E-state index in [1.165, 1.54) is 36.9 Å². The second-order valence-corrected chi connectivity index (χ2v) is 8.38. The van der Waals surface area contributed by atoms with E-state index in [9.17, 15) is 4.79 Å². The van der Waals surface area contributed by atoms with Gasteiger partial charge in [-0.1, -0.05) is 43.7 Å². The molecule has 0 atom stereocenters. The van der Waals surface area contributed by atoms with Crippen molar-refractivity contribution in [1.29, 1.82) is 0 Å². The Labute approximate surface area is 164 Å². The number of hydrogen-bond acceptors (Lipinski definition) is 4. The van der Waals surface area contributed by atoms with Gasteiger partial charge >= 0.3 is 5.63 Å². The van der Waals surface area contributed by atoms with Crippen LogP contribution < -0.4 is 5.63 Å². The normalized spacial score (nSPS) is 15.1. The standard InChI is InChI=1S/C22H26N2O2S/c1-4-16-9-10-19-17(12-21(25)26-20(19)11-16)13-27-22-23-14(2)15(3)24(22)18-7-5-6-8-18/h9-12,18H,4-8,13H2,1-3H3. The first kappa shape index (κ1) is 18.4. The number of hydrogen-bond donors (Lipinski definition) is 0. The summed E-state index contributed by atoms with van der Waals surface area (Å²) in [5, 5.41) is 2.09. The summed E-state index contributed by atoms with van der Waals surface area (Å²) >= 11 is 1.73. The van der Waals surface area contributed by atoms with E-state index in [1.807, 2.05) is 6.07 Å². The zero-order chi connectivity index (χ0) is 19.0. The number of fused-ring (bicyclic) bond motifs is 1. The smallest absolute Gasteiger partial charge is 0.336 e. The van der Waals surface area contributed by atoms with Crippen molar-refractivity contribution in [3.8, 4) is 0 Å². The number of aryl methyl sites for hydroxylation is 2. The van der Waals surface area contributed by atoms with Crippen LogP contribution in [0.4, 0.5) is 0 Å². The van der Waals surface area contributed by atoms with Crippen molar-refractivity contribution >= 4 is 22.7 Å². The molecule has 1 saturated carbocycles. The first-order valence-corrected chi connectivity index (χ1v) is 10.8. The molecule has 2 aromatic heterocycles. The van der Waals surface area contributed by atoms with E-state index in [2.05, 4.69) is 37.5 Å². The van der Waals surface area contributed by atoms with E-state index in [0.29, 0.717) is 11.6 Å². The number of aromatic nitrogens is 2. The third-order valence-electron chi connectivity index (χ3n) is 5.70. The highest BCUT2D eigenvalue weighted by molar-refractivity contribution is 7.98. The van der Waals surface area contributed by atoms with Crippen molar-refractivity contribution in [3.05, 3.63) is 57.2 Å². The number of imidazole rings is 1. The highest BCUT2D eigenvalue weighted by Crippen LogP contribution is 2.36. The Morgan fingerprint density at radius 1 is 1.22 bits per heavy atom. The molecule has 4 nitrogen and oxygen atoms in total. The van der Waals surface area contributed by atoms with E-state index in [4.69, 9.17) is 9.40 Å². The minimum Gasteiger partial charge on any atom is -0.423 e. The lowest BCUT2D eigenvalue weighted by Gasteiger charge is -2.17. The number of nitrogens with zero attached hydrogens (tertiary/aromatic N) is 2. The van der Waals surface area contributed by atoms with Gasteiger partial charge in [-0.15, -0.1) is 0 Å². The largest absolute Gasteiger partial charge is 0.423 e. The van der Waals surface area contributed by atoms with Gasteiger partial charge in [0.25, 0.3) is 0 Å². The van der Waals surface area contributed by atoms with Crippen LogP contribution in [-0.2, 0) is 12.2 Å². The van der Waals surface area contributed by atoms with Crippen LogP contribution in [-0.4, -0.2) is 9.55 Å². The third-order valence-corrected chi connectivity index (χ3v) is 6.71. The van der Waals surface area contributed by atoms with Crippen LogP contribution in [0.5, 0.6) is 0 Å². The first-order chi connectivity index (χ1) is 13.1. The van der Waals surface area contributed by atoms with E-state index >= 15 is 0 Å². The van der Waals surface area contributed by atoms with Crippen LogP contribution in [0, 0.1) is 13.8 Å². The van der Waals surface area contributed by atoms with E-state index in [-0.39, 0.29) is 5.63 Å². The van der Waals surface area contributed by atoms with Crippen LogP contribution in [0.25, 0.3) is 11.0 Å². The van der Waals surface area contributed by atoms with Gasteiger partial charge in [0.05, 0.1) is 5.69 Å². The lowest BCUT2D eigenvalue weighted by Crippen LogP contribution is -2.08. The molecular weight excluding hydrogens is 356 g/mol. The van der Waals surface area contributed by atoms with Gasteiger partial charge in [-0.25, -0.2) is 9.78 Å². The van der Waals surface area contributed by atoms with Gasteiger partial charge in [0.1, 0.15) is 5.58 Å². The predicted octanol–water partition coefficient (Wildman–Crippen LogP) is 5.58. The number of thioether (sulfide) groups is 1. The molecule has 4 rings (SSSR count). The fourth-order valence-electron chi connectivity index (χ4n) is 4.05. The van der Waals surface area contributed by atoms with Crippen molar-refractivity contribution in [2.75, 3.05) is 0 Å². The molecule has 5 heteroatoms. The minimum absolute atomic E-state index is 0.280. The molecule has 0 bridgehead atoms. The van der Waals surface area contributed by atoms with Gasteiger partial charge in [0, 0.05) is 28.9 Å². The van der Waals surface area contributed by atoms with Gasteiger partial charge in [-0.2, -0.15) is 0 Å². The van der Waals surface area contributed by atoms with E-state index < -0.39 is 0 Å². The molecule has 0 amide bonds. The first-order valence-electron chi connectivity index (χ1n) is 9.80. The molecule has 0 aliphatic heterocycles. The molecule has 0 radical (unpaired) electrons. The summed E-state index contributed by atoms with van der Waals surface area (Å²) in [6, 6.07) is 8.37. The molecular formula is C22H26N2O2S. The van der Waals surface area contributed by atoms with Crippen molar-refractivity contribution < 1.29 is 4.42 Å². The zero-order valence-electron chi connectivity index (χ0n) is 16.2. The average Bonchev–Trinajstić information content (AvgIpc) is 3.27. The van der Waals surface area contributed by atoms with Crippen molar-refractivity contribution in [2.45, 2.75) is 69.8 Å². The second-order valence-electron chi connectivity index (χ2n) is 7.44. The predicted molar refractivity (Wildman–Crippen MR) is 111 cm³/mol. The maximum atomic E-state index is 12.1. The molecule has 0 unspecified atom stereocenters. The summed E-state index contributed by atoms with van der Waals surface area (Å²) in [5.41, 5.74) is 4.98. The summed E-state index contributed by atoms with van der Waals surface area (Å²) < 4.78 is 7.87. The zero-order valence-corrected chi connectivity index (χ0v) is 17.1. The Kier molecular flexibility index (Phi) is 5.13. The molecule has 3 aromatic rings. The van der Waals surface area contributed by atoms with Crippen LogP contribution in [0.2, 0.25) is 0 Å². The topological polar surface area (TPSA) is 48.0 Å². The minimum atomic E-state index is -0.280. The summed E-state index contributed by atoms with van der Waals surface area (Å²) in [5.74, 6) is 0.718. The lowest BCUT2D eigenvalue weighted by molar-refractivity contribution is 0.471. The molecule has 0 spiro atoms. The molecule has 1 aromatic carbocycles. The Morgan fingerprint density at radius 3 is 2.74 bits per heavy atom. The van der Waals surface area contributed by atoms with Gasteiger partial charge in [0.15, 0.2) is 5.16 Å². The molecule has 1 aliphatic rings. The summed E-state index contributed by atoms with van der Waals surface area (Å²) in [6.45, 7) is 6.36. The Morgan fingerprint density at radius 2 is 2.00 bits per heavy atom. The quantitative estimate of drug-likeness (QED) is 0.427. The summed E-state index contributed by atoms with van der Waals surface area (Å²) in [6.07, 6.45) is 6.00. The molecule has 2 heterocycles. The second kappa shape index (κ2) is 7.55. The van der Waals surface area contributed by atoms with Gasteiger partial charge < -0.3 is 8.98 Å². The summed E-state index contributed by atoms with van der Waals surface area (Å²) in [7, 11) is 0. The maximum Gasteiger partial charge on any atom is 0.336 e. The van der Waals surface area contributed by atoms with Crippen LogP contribution in [0.3, 0.4) is 0 Å². The van der Waals surface area contributed by atoms with Crippen molar-refractivity contribution in [3.63, 3.8) is 0 Å². The molecule has 0 N–H and O–H groups in total. The molecule has 1 aliphatic carbocycles. The third kappa shape index (κ3) is 3.57. The number of benzene rings is 1. The van der Waals surface area contributed by atoms with Gasteiger partial charge in [-0.05, 0) is 50.3 Å². The van der Waals surface area contributed by atoms with Gasteiger partial charge in [-0.3, -0.25) is 0 Å². The van der Waals surface area contributed by atoms with E-state index in [1.54, 1.807) is 17.8 Å². The highest BCUT2D eigenvalue weighted by atomic mass is 32.2. The SMILES string of the molecule is CCc1ccc2c(CSc3nc(C)c(C)n3C3CCCC3)cc(=O)oc2c1. The van der Waals surface area contributed by atoms with Crippen LogP contribution >= 0.6 is 11.8 Å². The number of rotatable bonds is 5. The lowest BCUT2D eigenvalue weighted by atomic mass is 10.1. The summed E-state index contributed by atoms with van der Waals surface area (Å²) in [4.78, 5) is 16.9. The maximum absolute atomic E-state index is 12.1. The molecule has 27 heavy (non-hydrogen) atoms. The van der Waals surface area contributed by atoms with Gasteiger partial charge in [0.2, 0.25) is 0 Å². The fraction of sp³-hybridized carbons (Fsp3) is 0.455. The fourth-order valence-corrected chi connectivity index (χ4v) is 5.20. The molecule has 1 fully saturated rings. The van der Waals surface area contributed by atoms with Crippen LogP contribution in [0.15, 0.2) is 38.6 Å². The Bertz CT molecular complexity index is 1030. The average molecular weight is 383 g/mol.